The zero-order valence-corrected chi connectivity index (χ0v) is 14.0. The number of amides is 1. The first-order valence-corrected chi connectivity index (χ1v) is 8.52. The largest absolute Gasteiger partial charge is 0.444 e. The van der Waals surface area contributed by atoms with E-state index in [2.05, 4.69) is 16.7 Å². The topological polar surface area (TPSA) is 74.2 Å². The standard InChI is InChI=1S/C17H29N3O2/c1-17(2,3)22-16(21)20-14-8-5-7-13(10-14)19-15-9-4-6-12(15)11-18/h12-15,19H,4-10H2,1-3H3,(H,20,21). The van der Waals surface area contributed by atoms with Gasteiger partial charge in [-0.15, -0.1) is 0 Å². The van der Waals surface area contributed by atoms with Crippen LogP contribution < -0.4 is 10.6 Å². The molecule has 124 valence electrons. The van der Waals surface area contributed by atoms with Gasteiger partial charge in [0, 0.05) is 18.1 Å². The van der Waals surface area contributed by atoms with Crippen molar-refractivity contribution >= 4 is 6.09 Å². The van der Waals surface area contributed by atoms with E-state index in [9.17, 15) is 10.1 Å². The molecule has 2 fully saturated rings. The molecule has 2 rings (SSSR count). The van der Waals surface area contributed by atoms with E-state index in [1.807, 2.05) is 20.8 Å². The molecule has 2 aliphatic carbocycles. The highest BCUT2D eigenvalue weighted by Crippen LogP contribution is 2.27. The van der Waals surface area contributed by atoms with Crippen LogP contribution in [-0.4, -0.2) is 29.8 Å². The zero-order valence-electron chi connectivity index (χ0n) is 14.0. The summed E-state index contributed by atoms with van der Waals surface area (Å²) in [6.07, 6.45) is 7.08. The van der Waals surface area contributed by atoms with Crippen LogP contribution in [0.4, 0.5) is 4.79 Å². The lowest BCUT2D eigenvalue weighted by molar-refractivity contribution is 0.0487. The second-order valence-electron chi connectivity index (χ2n) is 7.65. The van der Waals surface area contributed by atoms with Crippen LogP contribution in [0.3, 0.4) is 0 Å². The molecule has 22 heavy (non-hydrogen) atoms. The first-order chi connectivity index (χ1) is 10.4. The minimum atomic E-state index is -0.458. The number of alkyl carbamates (subject to hydrolysis) is 1. The molecule has 4 unspecified atom stereocenters. The first-order valence-electron chi connectivity index (χ1n) is 8.52. The van der Waals surface area contributed by atoms with E-state index in [1.165, 1.54) is 0 Å². The second kappa shape index (κ2) is 7.32. The summed E-state index contributed by atoms with van der Waals surface area (Å²) in [7, 11) is 0. The zero-order chi connectivity index (χ0) is 16.2. The highest BCUT2D eigenvalue weighted by molar-refractivity contribution is 5.68. The molecular weight excluding hydrogens is 278 g/mol. The van der Waals surface area contributed by atoms with Gasteiger partial charge in [0.1, 0.15) is 5.60 Å². The average molecular weight is 307 g/mol. The summed E-state index contributed by atoms with van der Waals surface area (Å²) in [5, 5.41) is 15.8. The number of nitrogens with one attached hydrogen (secondary N) is 2. The van der Waals surface area contributed by atoms with Crippen LogP contribution >= 0.6 is 0 Å². The molecule has 5 heteroatoms. The molecule has 0 bridgehead atoms. The van der Waals surface area contributed by atoms with Gasteiger partial charge in [-0.2, -0.15) is 5.26 Å². The van der Waals surface area contributed by atoms with Crippen molar-refractivity contribution in [1.29, 1.82) is 5.26 Å². The van der Waals surface area contributed by atoms with Crippen molar-refractivity contribution in [3.8, 4) is 6.07 Å². The van der Waals surface area contributed by atoms with Gasteiger partial charge in [-0.05, 0) is 59.3 Å². The third-order valence-electron chi connectivity index (χ3n) is 4.53. The van der Waals surface area contributed by atoms with Crippen molar-refractivity contribution < 1.29 is 9.53 Å². The van der Waals surface area contributed by atoms with Crippen molar-refractivity contribution in [2.75, 3.05) is 0 Å². The van der Waals surface area contributed by atoms with E-state index < -0.39 is 5.60 Å². The Morgan fingerprint density at radius 1 is 1.14 bits per heavy atom. The number of rotatable bonds is 3. The summed E-state index contributed by atoms with van der Waals surface area (Å²) in [4.78, 5) is 11.9. The van der Waals surface area contributed by atoms with Crippen LogP contribution in [0, 0.1) is 17.2 Å². The monoisotopic (exact) mass is 307 g/mol. The molecule has 0 aromatic heterocycles. The van der Waals surface area contributed by atoms with Gasteiger partial charge in [0.05, 0.1) is 12.0 Å². The van der Waals surface area contributed by atoms with Gasteiger partial charge in [0.15, 0.2) is 0 Å². The highest BCUT2D eigenvalue weighted by Gasteiger charge is 2.31. The van der Waals surface area contributed by atoms with Crippen LogP contribution in [0.2, 0.25) is 0 Å². The molecule has 5 nitrogen and oxygen atoms in total. The fraction of sp³-hybridized carbons (Fsp3) is 0.882. The van der Waals surface area contributed by atoms with Crippen LogP contribution in [0.5, 0.6) is 0 Å². The maximum Gasteiger partial charge on any atom is 0.407 e. The molecule has 0 aliphatic heterocycles. The van der Waals surface area contributed by atoms with Crippen molar-refractivity contribution in [1.82, 2.24) is 10.6 Å². The lowest BCUT2D eigenvalue weighted by Gasteiger charge is -2.33. The molecule has 0 aromatic rings. The number of nitrogens with zero attached hydrogens (tertiary/aromatic N) is 1. The Morgan fingerprint density at radius 2 is 1.82 bits per heavy atom. The molecule has 0 heterocycles. The molecule has 0 aromatic carbocycles. The van der Waals surface area contributed by atoms with Crippen LogP contribution in [-0.2, 0) is 4.74 Å². The molecule has 4 atom stereocenters. The fourth-order valence-corrected chi connectivity index (χ4v) is 3.56. The van der Waals surface area contributed by atoms with Crippen LogP contribution in [0.15, 0.2) is 0 Å². The van der Waals surface area contributed by atoms with E-state index in [0.29, 0.717) is 12.1 Å². The SMILES string of the molecule is CC(C)(C)OC(=O)NC1CCCC(NC2CCCC2C#N)C1. The maximum absolute atomic E-state index is 11.9. The lowest BCUT2D eigenvalue weighted by Crippen LogP contribution is -2.48. The Hall–Kier alpha value is -1.28. The normalized spacial score (nSPS) is 32.3. The fourth-order valence-electron chi connectivity index (χ4n) is 3.56. The summed E-state index contributed by atoms with van der Waals surface area (Å²) in [6, 6.07) is 3.31. The van der Waals surface area contributed by atoms with Gasteiger partial charge in [-0.3, -0.25) is 0 Å². The third kappa shape index (κ3) is 5.17. The van der Waals surface area contributed by atoms with Gasteiger partial charge >= 0.3 is 6.09 Å². The maximum atomic E-state index is 11.9. The summed E-state index contributed by atoms with van der Waals surface area (Å²) in [6.45, 7) is 5.62. The Kier molecular flexibility index (Phi) is 5.69. The molecular formula is C17H29N3O2. The molecule has 0 saturated heterocycles. The van der Waals surface area contributed by atoms with Gasteiger partial charge in [-0.25, -0.2) is 4.79 Å². The number of hydrogen-bond acceptors (Lipinski definition) is 4. The number of ether oxygens (including phenoxy) is 1. The minimum Gasteiger partial charge on any atom is -0.444 e. The smallest absolute Gasteiger partial charge is 0.407 e. The second-order valence-corrected chi connectivity index (χ2v) is 7.65. The average Bonchev–Trinajstić information content (AvgIpc) is 2.84. The van der Waals surface area contributed by atoms with Crippen LogP contribution in [0.1, 0.15) is 65.7 Å². The Morgan fingerprint density at radius 3 is 2.50 bits per heavy atom. The predicted octanol–water partition coefficient (Wildman–Crippen LogP) is 3.10. The molecule has 2 N–H and O–H groups in total. The number of hydrogen-bond donors (Lipinski definition) is 2. The quantitative estimate of drug-likeness (QED) is 0.840. The summed E-state index contributed by atoms with van der Waals surface area (Å²) >= 11 is 0. The van der Waals surface area contributed by atoms with Crippen molar-refractivity contribution in [2.24, 2.45) is 5.92 Å². The van der Waals surface area contributed by atoms with E-state index in [-0.39, 0.29) is 18.1 Å². The number of carbonyl (C=O) groups excluding carboxylic acids is 1. The first kappa shape index (κ1) is 17.1. The highest BCUT2D eigenvalue weighted by atomic mass is 16.6. The van der Waals surface area contributed by atoms with E-state index in [4.69, 9.17) is 4.74 Å². The molecule has 0 spiro atoms. The molecule has 2 aliphatic rings. The summed E-state index contributed by atoms with van der Waals surface area (Å²) < 4.78 is 5.33. The van der Waals surface area contributed by atoms with Gasteiger partial charge in [0.2, 0.25) is 0 Å². The lowest BCUT2D eigenvalue weighted by atomic mass is 9.90. The predicted molar refractivity (Wildman–Crippen MR) is 85.3 cm³/mol. The summed E-state index contributed by atoms with van der Waals surface area (Å²) in [5.41, 5.74) is -0.458. The Labute approximate surface area is 133 Å². The van der Waals surface area contributed by atoms with Crippen molar-refractivity contribution in [3.63, 3.8) is 0 Å². The van der Waals surface area contributed by atoms with Gasteiger partial charge in [0.25, 0.3) is 0 Å². The van der Waals surface area contributed by atoms with E-state index >= 15 is 0 Å². The minimum absolute atomic E-state index is 0.152. The van der Waals surface area contributed by atoms with Gasteiger partial charge < -0.3 is 15.4 Å². The number of nitriles is 1. The molecule has 2 saturated carbocycles. The Balaban J connectivity index is 1.79. The van der Waals surface area contributed by atoms with E-state index in [0.717, 1.165) is 44.9 Å². The van der Waals surface area contributed by atoms with Gasteiger partial charge in [-0.1, -0.05) is 6.42 Å². The van der Waals surface area contributed by atoms with Crippen molar-refractivity contribution in [3.05, 3.63) is 0 Å². The number of carbonyl (C=O) groups is 1. The van der Waals surface area contributed by atoms with Crippen molar-refractivity contribution in [2.45, 2.75) is 89.4 Å². The van der Waals surface area contributed by atoms with Crippen LogP contribution in [0.25, 0.3) is 0 Å². The third-order valence-corrected chi connectivity index (χ3v) is 4.53. The Bertz CT molecular complexity index is 425. The molecule has 0 radical (unpaired) electrons. The van der Waals surface area contributed by atoms with E-state index in [1.54, 1.807) is 0 Å². The molecule has 1 amide bonds. The summed E-state index contributed by atoms with van der Waals surface area (Å²) in [5.74, 6) is 0.152.